The molecule has 23 heavy (non-hydrogen) atoms. The molecule has 0 radical (unpaired) electrons. The summed E-state index contributed by atoms with van der Waals surface area (Å²) in [6.07, 6.45) is 4.38. The Balaban J connectivity index is 1.86. The largest absolute Gasteiger partial charge is 0.325 e. The van der Waals surface area contributed by atoms with Crippen molar-refractivity contribution in [2.45, 2.75) is 20.3 Å². The van der Waals surface area contributed by atoms with E-state index in [0.29, 0.717) is 12.3 Å². The van der Waals surface area contributed by atoms with E-state index in [1.54, 1.807) is 0 Å². The Morgan fingerprint density at radius 3 is 2.61 bits per heavy atom. The molecule has 0 spiro atoms. The highest BCUT2D eigenvalue weighted by molar-refractivity contribution is 9.10. The number of hydrogen-bond acceptors (Lipinski definition) is 2. The van der Waals surface area contributed by atoms with Crippen molar-refractivity contribution in [1.82, 2.24) is 9.38 Å². The maximum absolute atomic E-state index is 11.9. The van der Waals surface area contributed by atoms with Crippen LogP contribution in [0.5, 0.6) is 0 Å². The molecule has 1 amide bonds. The van der Waals surface area contributed by atoms with Gasteiger partial charge in [0.1, 0.15) is 5.65 Å². The van der Waals surface area contributed by atoms with Crippen molar-refractivity contribution in [3.8, 4) is 11.3 Å². The van der Waals surface area contributed by atoms with Gasteiger partial charge in [-0.25, -0.2) is 4.98 Å². The van der Waals surface area contributed by atoms with E-state index in [4.69, 9.17) is 0 Å². The fourth-order valence-corrected chi connectivity index (χ4v) is 2.67. The highest BCUT2D eigenvalue weighted by atomic mass is 79.9. The van der Waals surface area contributed by atoms with Crippen molar-refractivity contribution in [3.05, 3.63) is 53.3 Å². The summed E-state index contributed by atoms with van der Waals surface area (Å²) in [5.74, 6) is 0.378. The Hall–Kier alpha value is -2.14. The van der Waals surface area contributed by atoms with Crippen molar-refractivity contribution >= 4 is 33.2 Å². The Labute approximate surface area is 143 Å². The second-order valence-corrected chi connectivity index (χ2v) is 6.88. The molecule has 0 fully saturated rings. The molecule has 0 saturated heterocycles. The number of carbonyl (C=O) groups excluding carboxylic acids is 1. The van der Waals surface area contributed by atoms with Crippen LogP contribution in [-0.2, 0) is 4.79 Å². The zero-order valence-corrected chi connectivity index (χ0v) is 14.7. The van der Waals surface area contributed by atoms with Gasteiger partial charge in [0.2, 0.25) is 5.91 Å². The standard InChI is InChI=1S/C18H18BrN3O/c1-12(2)9-18(23)20-15-7-8-17-21-16(11-22(17)10-15)13-3-5-14(19)6-4-13/h3-8,10-12H,9H2,1-2H3,(H,20,23). The predicted molar refractivity (Wildman–Crippen MR) is 96.4 cm³/mol. The summed E-state index contributed by atoms with van der Waals surface area (Å²) in [7, 11) is 0. The van der Waals surface area contributed by atoms with Gasteiger partial charge in [0.05, 0.1) is 11.4 Å². The van der Waals surface area contributed by atoms with Gasteiger partial charge >= 0.3 is 0 Å². The van der Waals surface area contributed by atoms with Crippen LogP contribution in [0.1, 0.15) is 20.3 Å². The monoisotopic (exact) mass is 371 g/mol. The lowest BCUT2D eigenvalue weighted by molar-refractivity contribution is -0.116. The van der Waals surface area contributed by atoms with Crippen LogP contribution in [0.25, 0.3) is 16.9 Å². The lowest BCUT2D eigenvalue weighted by atomic mass is 10.1. The molecule has 1 aromatic carbocycles. The van der Waals surface area contributed by atoms with Crippen LogP contribution in [0.4, 0.5) is 5.69 Å². The molecule has 3 rings (SSSR count). The number of benzene rings is 1. The lowest BCUT2D eigenvalue weighted by Crippen LogP contribution is -2.14. The Kier molecular flexibility index (Phi) is 4.48. The van der Waals surface area contributed by atoms with Crippen molar-refractivity contribution in [2.24, 2.45) is 5.92 Å². The number of hydrogen-bond donors (Lipinski definition) is 1. The smallest absolute Gasteiger partial charge is 0.224 e. The van der Waals surface area contributed by atoms with Gasteiger partial charge in [0.25, 0.3) is 0 Å². The van der Waals surface area contributed by atoms with Crippen molar-refractivity contribution < 1.29 is 4.79 Å². The van der Waals surface area contributed by atoms with Crippen LogP contribution in [0.2, 0.25) is 0 Å². The van der Waals surface area contributed by atoms with E-state index in [0.717, 1.165) is 27.1 Å². The molecule has 0 saturated carbocycles. The molecule has 0 atom stereocenters. The number of imidazole rings is 1. The highest BCUT2D eigenvalue weighted by Crippen LogP contribution is 2.22. The molecule has 118 valence electrons. The summed E-state index contributed by atoms with van der Waals surface area (Å²) >= 11 is 3.44. The van der Waals surface area contributed by atoms with E-state index in [1.165, 1.54) is 0 Å². The first-order valence-corrected chi connectivity index (χ1v) is 8.35. The van der Waals surface area contributed by atoms with Gasteiger partial charge in [-0.2, -0.15) is 0 Å². The van der Waals surface area contributed by atoms with Gasteiger partial charge in [-0.05, 0) is 30.2 Å². The molecule has 0 unspecified atom stereocenters. The van der Waals surface area contributed by atoms with Crippen molar-refractivity contribution in [1.29, 1.82) is 0 Å². The average Bonchev–Trinajstić information content (AvgIpc) is 2.90. The van der Waals surface area contributed by atoms with E-state index in [2.05, 4.69) is 26.2 Å². The Morgan fingerprint density at radius 2 is 1.91 bits per heavy atom. The third-order valence-corrected chi connectivity index (χ3v) is 4.00. The van der Waals surface area contributed by atoms with Crippen LogP contribution >= 0.6 is 15.9 Å². The number of nitrogens with zero attached hydrogens (tertiary/aromatic N) is 2. The fraction of sp³-hybridized carbons (Fsp3) is 0.222. The van der Waals surface area contributed by atoms with Gasteiger partial charge < -0.3 is 9.72 Å². The number of pyridine rings is 1. The molecule has 1 N–H and O–H groups in total. The maximum Gasteiger partial charge on any atom is 0.224 e. The zero-order valence-electron chi connectivity index (χ0n) is 13.1. The van der Waals surface area contributed by atoms with Gasteiger partial charge in [0, 0.05) is 28.9 Å². The topological polar surface area (TPSA) is 46.4 Å². The van der Waals surface area contributed by atoms with Crippen molar-refractivity contribution in [3.63, 3.8) is 0 Å². The number of rotatable bonds is 4. The second-order valence-electron chi connectivity index (χ2n) is 5.96. The van der Waals surface area contributed by atoms with Crippen LogP contribution < -0.4 is 5.32 Å². The quantitative estimate of drug-likeness (QED) is 0.719. The number of amides is 1. The molecular weight excluding hydrogens is 354 g/mol. The van der Waals surface area contributed by atoms with E-state index in [1.807, 2.05) is 67.0 Å². The number of anilines is 1. The third kappa shape index (κ3) is 3.79. The average molecular weight is 372 g/mol. The van der Waals surface area contributed by atoms with E-state index in [9.17, 15) is 4.79 Å². The maximum atomic E-state index is 11.9. The number of nitrogens with one attached hydrogen (secondary N) is 1. The fourth-order valence-electron chi connectivity index (χ4n) is 2.41. The minimum atomic E-state index is 0.0348. The molecule has 2 heterocycles. The first kappa shape index (κ1) is 15.7. The first-order chi connectivity index (χ1) is 11.0. The molecular formula is C18H18BrN3O. The summed E-state index contributed by atoms with van der Waals surface area (Å²) in [5, 5.41) is 2.93. The number of carbonyl (C=O) groups is 1. The summed E-state index contributed by atoms with van der Waals surface area (Å²) in [6, 6.07) is 11.8. The lowest BCUT2D eigenvalue weighted by Gasteiger charge is -2.07. The van der Waals surface area contributed by atoms with Crippen LogP contribution in [0.15, 0.2) is 53.3 Å². The van der Waals surface area contributed by atoms with Crippen LogP contribution in [0.3, 0.4) is 0 Å². The summed E-state index contributed by atoms with van der Waals surface area (Å²) in [4.78, 5) is 16.5. The molecule has 3 aromatic rings. The van der Waals surface area contributed by atoms with Crippen molar-refractivity contribution in [2.75, 3.05) is 5.32 Å². The normalized spacial score (nSPS) is 11.1. The van der Waals surface area contributed by atoms with Crippen LogP contribution in [0, 0.1) is 5.92 Å². The highest BCUT2D eigenvalue weighted by Gasteiger charge is 2.08. The molecule has 0 aliphatic rings. The third-order valence-electron chi connectivity index (χ3n) is 3.47. The molecule has 5 heteroatoms. The van der Waals surface area contributed by atoms with Gasteiger partial charge in [-0.1, -0.05) is 41.9 Å². The molecule has 0 bridgehead atoms. The Bertz CT molecular complexity index is 837. The number of fused-ring (bicyclic) bond motifs is 1. The minimum absolute atomic E-state index is 0.0348. The van der Waals surface area contributed by atoms with Gasteiger partial charge in [-0.15, -0.1) is 0 Å². The molecule has 0 aliphatic heterocycles. The van der Waals surface area contributed by atoms with Gasteiger partial charge in [-0.3, -0.25) is 4.79 Å². The molecule has 4 nitrogen and oxygen atoms in total. The SMILES string of the molecule is CC(C)CC(=O)Nc1ccc2nc(-c3ccc(Br)cc3)cn2c1. The number of aromatic nitrogens is 2. The second kappa shape index (κ2) is 6.54. The first-order valence-electron chi connectivity index (χ1n) is 7.56. The Morgan fingerprint density at radius 1 is 1.17 bits per heavy atom. The predicted octanol–water partition coefficient (Wildman–Crippen LogP) is 4.75. The molecule has 2 aromatic heterocycles. The van der Waals surface area contributed by atoms with E-state index in [-0.39, 0.29) is 5.91 Å². The summed E-state index contributed by atoms with van der Waals surface area (Å²) in [5.41, 5.74) is 3.60. The summed E-state index contributed by atoms with van der Waals surface area (Å²) < 4.78 is 2.97. The van der Waals surface area contributed by atoms with E-state index >= 15 is 0 Å². The molecule has 0 aliphatic carbocycles. The number of halogens is 1. The van der Waals surface area contributed by atoms with Crippen LogP contribution in [-0.4, -0.2) is 15.3 Å². The zero-order chi connectivity index (χ0) is 16.4. The van der Waals surface area contributed by atoms with E-state index < -0.39 is 0 Å². The minimum Gasteiger partial charge on any atom is -0.325 e. The van der Waals surface area contributed by atoms with Gasteiger partial charge in [0.15, 0.2) is 0 Å². The summed E-state index contributed by atoms with van der Waals surface area (Å²) in [6.45, 7) is 4.06.